The van der Waals surface area contributed by atoms with Gasteiger partial charge >= 0.3 is 0 Å². The molecule has 1 heterocycles. The fourth-order valence-electron chi connectivity index (χ4n) is 2.24. The largest absolute Gasteiger partial charge is 0.493 e. The van der Waals surface area contributed by atoms with E-state index in [0.717, 1.165) is 40.4 Å². The van der Waals surface area contributed by atoms with Gasteiger partial charge in [0, 0.05) is 18.4 Å². The quantitative estimate of drug-likeness (QED) is 0.909. The van der Waals surface area contributed by atoms with Gasteiger partial charge in [-0.1, -0.05) is 0 Å². The highest BCUT2D eigenvalue weighted by atomic mass is 16.5. The van der Waals surface area contributed by atoms with Gasteiger partial charge in [0.15, 0.2) is 11.5 Å². The van der Waals surface area contributed by atoms with Gasteiger partial charge in [0.2, 0.25) is 0 Å². The molecular weight excluding hydrogens is 252 g/mol. The lowest BCUT2D eigenvalue weighted by Gasteiger charge is -2.15. The summed E-state index contributed by atoms with van der Waals surface area (Å²) in [4.78, 5) is 4.25. The van der Waals surface area contributed by atoms with Crippen molar-refractivity contribution < 1.29 is 9.47 Å². The smallest absolute Gasteiger partial charge is 0.161 e. The number of ether oxygens (including phenoxy) is 2. The fraction of sp³-hybridized carbons (Fsp3) is 0.312. The first-order chi connectivity index (χ1) is 9.69. The maximum Gasteiger partial charge on any atom is 0.161 e. The minimum Gasteiger partial charge on any atom is -0.493 e. The van der Waals surface area contributed by atoms with Crippen LogP contribution in [-0.2, 0) is 6.54 Å². The Morgan fingerprint density at radius 3 is 2.40 bits per heavy atom. The zero-order valence-corrected chi connectivity index (χ0v) is 12.4. The summed E-state index contributed by atoms with van der Waals surface area (Å²) in [6, 6.07) is 8.11. The molecule has 1 aromatic heterocycles. The van der Waals surface area contributed by atoms with Gasteiger partial charge in [0.25, 0.3) is 0 Å². The zero-order chi connectivity index (χ0) is 14.5. The van der Waals surface area contributed by atoms with Crippen LogP contribution >= 0.6 is 0 Å². The van der Waals surface area contributed by atoms with E-state index in [0.29, 0.717) is 0 Å². The molecule has 1 N–H and O–H groups in total. The molecular formula is C16H20N2O2. The molecule has 0 amide bonds. The molecule has 2 aromatic rings. The Morgan fingerprint density at radius 1 is 1.10 bits per heavy atom. The number of hydrogen-bond donors (Lipinski definition) is 1. The number of rotatable bonds is 5. The van der Waals surface area contributed by atoms with Crippen LogP contribution in [-0.4, -0.2) is 26.3 Å². The fourth-order valence-corrected chi connectivity index (χ4v) is 2.24. The second-order valence-corrected chi connectivity index (χ2v) is 4.58. The molecule has 0 saturated heterocycles. The lowest BCUT2D eigenvalue weighted by molar-refractivity contribution is 0.354. The number of nitrogens with zero attached hydrogens (tertiary/aromatic N) is 1. The predicted octanol–water partition coefficient (Wildman–Crippen LogP) is 2.79. The average Bonchev–Trinajstić information content (AvgIpc) is 2.47. The number of pyridine rings is 1. The van der Waals surface area contributed by atoms with E-state index in [4.69, 9.17) is 9.47 Å². The van der Waals surface area contributed by atoms with Crippen LogP contribution in [0.1, 0.15) is 11.3 Å². The van der Waals surface area contributed by atoms with Crippen LogP contribution < -0.4 is 14.8 Å². The summed E-state index contributed by atoms with van der Waals surface area (Å²) in [5.74, 6) is 1.48. The normalized spacial score (nSPS) is 10.4. The van der Waals surface area contributed by atoms with Crippen molar-refractivity contribution in [1.29, 1.82) is 0 Å². The van der Waals surface area contributed by atoms with Gasteiger partial charge in [-0.05, 0) is 54.9 Å². The van der Waals surface area contributed by atoms with E-state index in [-0.39, 0.29) is 0 Å². The Balaban J connectivity index is 2.60. The molecule has 0 fully saturated rings. The number of aryl methyl sites for hydroxylation is 1. The molecule has 0 saturated carbocycles. The highest BCUT2D eigenvalue weighted by molar-refractivity contribution is 5.71. The molecule has 0 aliphatic rings. The molecule has 0 aliphatic carbocycles. The van der Waals surface area contributed by atoms with Gasteiger partial charge in [-0.25, -0.2) is 0 Å². The van der Waals surface area contributed by atoms with Gasteiger partial charge in [-0.3, -0.25) is 4.98 Å². The number of benzene rings is 1. The second-order valence-electron chi connectivity index (χ2n) is 4.58. The number of hydrogen-bond acceptors (Lipinski definition) is 4. The topological polar surface area (TPSA) is 43.4 Å². The van der Waals surface area contributed by atoms with Crippen LogP contribution in [0.3, 0.4) is 0 Å². The highest BCUT2D eigenvalue weighted by Gasteiger charge is 2.12. The molecule has 106 valence electrons. The van der Waals surface area contributed by atoms with Crippen molar-refractivity contribution in [1.82, 2.24) is 10.3 Å². The van der Waals surface area contributed by atoms with Crippen LogP contribution in [0.5, 0.6) is 11.5 Å². The van der Waals surface area contributed by atoms with Gasteiger partial charge in [0.05, 0.1) is 14.2 Å². The lowest BCUT2D eigenvalue weighted by Crippen LogP contribution is -2.07. The monoisotopic (exact) mass is 272 g/mol. The standard InChI is InChI=1S/C16H20N2O2/c1-11-7-12(5-6-18-11)14-9-16(20-4)15(19-3)8-13(14)10-17-2/h5-9,17H,10H2,1-4H3. The Morgan fingerprint density at radius 2 is 1.80 bits per heavy atom. The Bertz CT molecular complexity index is 597. The third kappa shape index (κ3) is 2.91. The Hall–Kier alpha value is -2.07. The van der Waals surface area contributed by atoms with Gasteiger partial charge in [-0.15, -0.1) is 0 Å². The van der Waals surface area contributed by atoms with Crippen LogP contribution in [0.2, 0.25) is 0 Å². The minimum atomic E-state index is 0.733. The molecule has 0 spiro atoms. The molecule has 4 heteroatoms. The van der Waals surface area contributed by atoms with Crippen LogP contribution in [0.4, 0.5) is 0 Å². The highest BCUT2D eigenvalue weighted by Crippen LogP contribution is 2.35. The summed E-state index contributed by atoms with van der Waals surface area (Å²) in [6.07, 6.45) is 1.82. The van der Waals surface area contributed by atoms with E-state index in [1.165, 1.54) is 0 Å². The van der Waals surface area contributed by atoms with Crippen LogP contribution in [0, 0.1) is 6.92 Å². The molecule has 0 aliphatic heterocycles. The van der Waals surface area contributed by atoms with Crippen LogP contribution in [0.15, 0.2) is 30.5 Å². The predicted molar refractivity (Wildman–Crippen MR) is 80.3 cm³/mol. The van der Waals surface area contributed by atoms with E-state index in [2.05, 4.69) is 16.4 Å². The number of methoxy groups -OCH3 is 2. The van der Waals surface area contributed by atoms with E-state index in [1.54, 1.807) is 14.2 Å². The molecule has 0 unspecified atom stereocenters. The third-order valence-electron chi connectivity index (χ3n) is 3.18. The van der Waals surface area contributed by atoms with Gasteiger partial charge < -0.3 is 14.8 Å². The summed E-state index contributed by atoms with van der Waals surface area (Å²) in [5.41, 5.74) is 4.41. The summed E-state index contributed by atoms with van der Waals surface area (Å²) in [5, 5.41) is 3.19. The second kappa shape index (κ2) is 6.39. The van der Waals surface area contributed by atoms with Gasteiger partial charge in [0.1, 0.15) is 0 Å². The van der Waals surface area contributed by atoms with E-state index in [1.807, 2.05) is 38.4 Å². The lowest BCUT2D eigenvalue weighted by atomic mass is 9.99. The summed E-state index contributed by atoms with van der Waals surface area (Å²) >= 11 is 0. The molecule has 4 nitrogen and oxygen atoms in total. The molecule has 0 atom stereocenters. The first-order valence-electron chi connectivity index (χ1n) is 6.52. The van der Waals surface area contributed by atoms with Crippen molar-refractivity contribution in [3.05, 3.63) is 41.7 Å². The summed E-state index contributed by atoms with van der Waals surface area (Å²) < 4.78 is 10.8. The number of aromatic nitrogens is 1. The molecule has 0 bridgehead atoms. The maximum absolute atomic E-state index is 5.40. The van der Waals surface area contributed by atoms with Crippen LogP contribution in [0.25, 0.3) is 11.1 Å². The van der Waals surface area contributed by atoms with Gasteiger partial charge in [-0.2, -0.15) is 0 Å². The molecule has 2 rings (SSSR count). The first-order valence-corrected chi connectivity index (χ1v) is 6.52. The number of nitrogens with one attached hydrogen (secondary N) is 1. The van der Waals surface area contributed by atoms with Crippen molar-refractivity contribution in [3.8, 4) is 22.6 Å². The summed E-state index contributed by atoms with van der Waals surface area (Å²) in [7, 11) is 5.23. The minimum absolute atomic E-state index is 0.733. The van der Waals surface area contributed by atoms with E-state index < -0.39 is 0 Å². The zero-order valence-electron chi connectivity index (χ0n) is 12.4. The SMILES string of the molecule is CNCc1cc(OC)c(OC)cc1-c1ccnc(C)c1. The summed E-state index contributed by atoms with van der Waals surface area (Å²) in [6.45, 7) is 2.75. The Kier molecular flexibility index (Phi) is 4.58. The molecule has 1 aromatic carbocycles. The molecule has 0 radical (unpaired) electrons. The molecule has 20 heavy (non-hydrogen) atoms. The van der Waals surface area contributed by atoms with E-state index >= 15 is 0 Å². The van der Waals surface area contributed by atoms with Crippen molar-refractivity contribution >= 4 is 0 Å². The van der Waals surface area contributed by atoms with Crippen molar-refractivity contribution in [2.45, 2.75) is 13.5 Å². The Labute approximate surface area is 119 Å². The first kappa shape index (κ1) is 14.3. The average molecular weight is 272 g/mol. The maximum atomic E-state index is 5.40. The van der Waals surface area contributed by atoms with Crippen molar-refractivity contribution in [3.63, 3.8) is 0 Å². The van der Waals surface area contributed by atoms with Crippen molar-refractivity contribution in [2.75, 3.05) is 21.3 Å². The van der Waals surface area contributed by atoms with E-state index in [9.17, 15) is 0 Å². The van der Waals surface area contributed by atoms with Crippen molar-refractivity contribution in [2.24, 2.45) is 0 Å². The third-order valence-corrected chi connectivity index (χ3v) is 3.18.